The summed E-state index contributed by atoms with van der Waals surface area (Å²) in [7, 11) is 1.98. The molecule has 1 spiro atoms. The molecule has 2 saturated heterocycles. The maximum atomic E-state index is 14.5. The molecule has 0 radical (unpaired) electrons. The number of carbonyl (C=O) groups excluding carboxylic acids is 1. The van der Waals surface area contributed by atoms with Gasteiger partial charge in [0.05, 0.1) is 17.3 Å². The van der Waals surface area contributed by atoms with Crippen LogP contribution in [0.1, 0.15) is 69.4 Å². The summed E-state index contributed by atoms with van der Waals surface area (Å²) in [5.41, 5.74) is 2.64. The highest BCUT2D eigenvalue weighted by Crippen LogP contribution is 2.52. The number of carbonyl (C=O) groups is 1. The fourth-order valence-electron chi connectivity index (χ4n) is 8.02. The van der Waals surface area contributed by atoms with Crippen LogP contribution in [-0.4, -0.2) is 66.7 Å². The van der Waals surface area contributed by atoms with Crippen molar-refractivity contribution in [1.29, 1.82) is 0 Å². The largest absolute Gasteiger partial charge is 0.337 e. The fraction of sp³-hybridized carbons (Fsp3) is 0.444. The van der Waals surface area contributed by atoms with Crippen LogP contribution in [0, 0.1) is 5.82 Å². The molecule has 4 aromatic rings. The Hall–Kier alpha value is -4.15. The summed E-state index contributed by atoms with van der Waals surface area (Å²) in [6.07, 6.45) is 9.21. The summed E-state index contributed by atoms with van der Waals surface area (Å²) in [6.45, 7) is 3.23. The number of fused-ring (bicyclic) bond motifs is 1. The molecule has 0 bridgehead atoms. The van der Waals surface area contributed by atoms with Crippen molar-refractivity contribution in [3.05, 3.63) is 93.0 Å². The summed E-state index contributed by atoms with van der Waals surface area (Å²) in [5.74, 6) is -0.432. The monoisotopic (exact) mass is 622 g/mol. The lowest BCUT2D eigenvalue weighted by atomic mass is 9.89. The Morgan fingerprint density at radius 3 is 2.28 bits per heavy atom. The van der Waals surface area contributed by atoms with Gasteiger partial charge in [-0.3, -0.25) is 24.1 Å². The summed E-state index contributed by atoms with van der Waals surface area (Å²) < 4.78 is 17.2. The molecule has 2 aromatic heterocycles. The van der Waals surface area contributed by atoms with Gasteiger partial charge in [0, 0.05) is 25.7 Å². The SMILES string of the molecule is CN1N(C2CCC(n3c(=O)c4cc(F)cnc4n(-c4cccc(-c5ccc(CN6CCCCC6)cc5)c4)c3=O)CC2)C(=O)C12CC2. The van der Waals surface area contributed by atoms with Gasteiger partial charge in [-0.15, -0.1) is 0 Å². The van der Waals surface area contributed by atoms with Crippen LogP contribution in [0.3, 0.4) is 0 Å². The number of aromatic nitrogens is 3. The molecule has 1 amide bonds. The molecular weight excluding hydrogens is 583 g/mol. The number of halogens is 1. The van der Waals surface area contributed by atoms with Gasteiger partial charge in [0.2, 0.25) is 0 Å². The van der Waals surface area contributed by atoms with Crippen LogP contribution in [0.25, 0.3) is 27.8 Å². The number of rotatable bonds is 6. The van der Waals surface area contributed by atoms with Crippen molar-refractivity contribution >= 4 is 16.9 Å². The van der Waals surface area contributed by atoms with Crippen molar-refractivity contribution in [2.45, 2.75) is 82.0 Å². The van der Waals surface area contributed by atoms with E-state index in [9.17, 15) is 18.8 Å². The van der Waals surface area contributed by atoms with E-state index in [1.54, 1.807) is 0 Å². The second-order valence-electron chi connectivity index (χ2n) is 13.6. The molecule has 0 atom stereocenters. The smallest absolute Gasteiger partial charge is 0.299 e. The molecular formula is C36H39FN6O3. The lowest BCUT2D eigenvalue weighted by molar-refractivity contribution is -0.207. The number of piperidine rings is 1. The molecule has 9 nitrogen and oxygen atoms in total. The number of benzene rings is 2. The Balaban J connectivity index is 1.11. The van der Waals surface area contributed by atoms with Crippen LogP contribution in [0.2, 0.25) is 0 Å². The number of hydrogen-bond donors (Lipinski definition) is 0. The number of hydrazine groups is 1. The van der Waals surface area contributed by atoms with Crippen molar-refractivity contribution in [1.82, 2.24) is 29.0 Å². The molecule has 0 N–H and O–H groups in total. The molecule has 238 valence electrons. The van der Waals surface area contributed by atoms with Gasteiger partial charge < -0.3 is 0 Å². The quantitative estimate of drug-likeness (QED) is 0.300. The molecule has 10 heteroatoms. The van der Waals surface area contributed by atoms with E-state index < -0.39 is 17.1 Å². The number of hydrogen-bond acceptors (Lipinski definition) is 6. The van der Waals surface area contributed by atoms with Crippen LogP contribution in [0.4, 0.5) is 4.39 Å². The summed E-state index contributed by atoms with van der Waals surface area (Å²) in [4.78, 5) is 47.7. The molecule has 8 rings (SSSR count). The zero-order valence-electron chi connectivity index (χ0n) is 26.2. The third-order valence-corrected chi connectivity index (χ3v) is 10.8. The number of nitrogens with zero attached hydrogens (tertiary/aromatic N) is 6. The Kier molecular flexibility index (Phi) is 7.17. The minimum Gasteiger partial charge on any atom is -0.299 e. The number of amides is 1. The van der Waals surface area contributed by atoms with Crippen LogP contribution >= 0.6 is 0 Å². The molecule has 4 aliphatic rings. The first kappa shape index (κ1) is 29.3. The summed E-state index contributed by atoms with van der Waals surface area (Å²) in [6, 6.07) is 17.1. The van der Waals surface area contributed by atoms with E-state index in [0.29, 0.717) is 31.4 Å². The molecule has 2 aliphatic carbocycles. The highest BCUT2D eigenvalue weighted by Gasteiger charge is 2.66. The van der Waals surface area contributed by atoms with Crippen molar-refractivity contribution in [2.24, 2.45) is 0 Å². The van der Waals surface area contributed by atoms with E-state index in [1.807, 2.05) is 36.3 Å². The average Bonchev–Trinajstić information content (AvgIpc) is 3.91. The third kappa shape index (κ3) is 4.81. The van der Waals surface area contributed by atoms with E-state index in [-0.39, 0.29) is 34.6 Å². The van der Waals surface area contributed by atoms with Gasteiger partial charge in [-0.1, -0.05) is 42.8 Å². The predicted octanol–water partition coefficient (Wildman–Crippen LogP) is 5.04. The van der Waals surface area contributed by atoms with Gasteiger partial charge in [-0.25, -0.2) is 23.7 Å². The van der Waals surface area contributed by atoms with E-state index >= 15 is 0 Å². The summed E-state index contributed by atoms with van der Waals surface area (Å²) >= 11 is 0. The first-order valence-corrected chi connectivity index (χ1v) is 16.7. The zero-order chi connectivity index (χ0) is 31.6. The Morgan fingerprint density at radius 1 is 0.870 bits per heavy atom. The molecule has 46 heavy (non-hydrogen) atoms. The summed E-state index contributed by atoms with van der Waals surface area (Å²) in [5, 5.41) is 4.03. The van der Waals surface area contributed by atoms with Gasteiger partial charge in [0.15, 0.2) is 5.65 Å². The standard InChI is InChI=1S/C36H39FN6O3/c1-39-36(16-17-36)34(45)43(39)29-14-12-28(13-15-29)42-33(44)31-21-27(37)22-38-32(31)41(35(42)46)30-7-5-6-26(20-30)25-10-8-24(9-11-25)23-40-18-3-2-4-19-40/h5-11,20-22,28-29H,2-4,12-19,23H2,1H3. The lowest BCUT2D eigenvalue weighted by Gasteiger charge is -2.53. The maximum absolute atomic E-state index is 14.5. The van der Waals surface area contributed by atoms with Gasteiger partial charge in [-0.05, 0) is 99.3 Å². The number of likely N-dealkylation sites (N-methyl/N-ethyl adjacent to an activating group) is 1. The van der Waals surface area contributed by atoms with E-state index in [1.165, 1.54) is 40.0 Å². The van der Waals surface area contributed by atoms with Crippen molar-refractivity contribution in [3.8, 4) is 16.8 Å². The maximum Gasteiger partial charge on any atom is 0.337 e. The Labute approximate surface area is 266 Å². The second-order valence-corrected chi connectivity index (χ2v) is 13.6. The van der Waals surface area contributed by atoms with E-state index in [0.717, 1.165) is 49.8 Å². The molecule has 2 aromatic carbocycles. The lowest BCUT2D eigenvalue weighted by Crippen LogP contribution is -2.72. The van der Waals surface area contributed by atoms with Gasteiger partial charge >= 0.3 is 5.69 Å². The first-order valence-electron chi connectivity index (χ1n) is 16.7. The van der Waals surface area contributed by atoms with E-state index in [4.69, 9.17) is 0 Å². The fourth-order valence-corrected chi connectivity index (χ4v) is 8.02. The number of pyridine rings is 1. The van der Waals surface area contributed by atoms with Crippen LogP contribution in [0.15, 0.2) is 70.4 Å². The van der Waals surface area contributed by atoms with Gasteiger partial charge in [-0.2, -0.15) is 0 Å². The first-order chi connectivity index (χ1) is 22.3. The highest BCUT2D eigenvalue weighted by molar-refractivity contribution is 5.94. The predicted molar refractivity (Wildman–Crippen MR) is 174 cm³/mol. The molecule has 2 saturated carbocycles. The van der Waals surface area contributed by atoms with Crippen LogP contribution < -0.4 is 11.2 Å². The minimum absolute atomic E-state index is 0.0559. The van der Waals surface area contributed by atoms with Crippen LogP contribution in [-0.2, 0) is 11.3 Å². The van der Waals surface area contributed by atoms with Gasteiger partial charge in [0.25, 0.3) is 11.5 Å². The van der Waals surface area contributed by atoms with Crippen LogP contribution in [0.5, 0.6) is 0 Å². The Morgan fingerprint density at radius 2 is 1.59 bits per heavy atom. The van der Waals surface area contributed by atoms with Crippen molar-refractivity contribution < 1.29 is 9.18 Å². The normalized spacial score (nSPS) is 23.2. The molecule has 4 heterocycles. The minimum atomic E-state index is -0.628. The van der Waals surface area contributed by atoms with Crippen molar-refractivity contribution in [2.75, 3.05) is 20.1 Å². The molecule has 0 unspecified atom stereocenters. The van der Waals surface area contributed by atoms with Gasteiger partial charge in [0.1, 0.15) is 11.4 Å². The second kappa shape index (κ2) is 11.3. The number of likely N-dealkylation sites (tertiary alicyclic amines) is 1. The zero-order valence-corrected chi connectivity index (χ0v) is 26.2. The van der Waals surface area contributed by atoms with E-state index in [2.05, 4.69) is 39.2 Å². The van der Waals surface area contributed by atoms with Crippen molar-refractivity contribution in [3.63, 3.8) is 0 Å². The Bertz CT molecular complexity index is 1930. The molecule has 4 fully saturated rings. The average molecular weight is 623 g/mol. The third-order valence-electron chi connectivity index (χ3n) is 10.8. The molecule has 2 aliphatic heterocycles. The highest BCUT2D eigenvalue weighted by atomic mass is 19.1. The topological polar surface area (TPSA) is 83.7 Å².